The van der Waals surface area contributed by atoms with Gasteiger partial charge in [0.25, 0.3) is 0 Å². The Hall–Kier alpha value is -0.910. The maximum Gasteiger partial charge on any atom is 0.0886 e. The molecule has 8 heavy (non-hydrogen) atoms. The molecule has 0 aliphatic heterocycles. The molecule has 3 nitrogen and oxygen atoms in total. The van der Waals surface area contributed by atoms with Crippen molar-refractivity contribution in [3.8, 4) is 6.07 Å². The van der Waals surface area contributed by atoms with Crippen LogP contribution >= 0.6 is 0 Å². The molecule has 0 amide bonds. The Morgan fingerprint density at radius 2 is 2.25 bits per heavy atom. The second-order valence-electron chi connectivity index (χ2n) is 2.26. The van der Waals surface area contributed by atoms with Gasteiger partial charge in [0.1, 0.15) is 0 Å². The standard InChI is InChI=1S/C5H9N3/c1-5(2,8-7)3-4-6/h7H,3H2,1-2H3. The second-order valence-corrected chi connectivity index (χ2v) is 2.26. The highest BCUT2D eigenvalue weighted by atomic mass is 15.0. The summed E-state index contributed by atoms with van der Waals surface area (Å²) in [5.41, 5.74) is 6.11. The fourth-order valence-corrected chi connectivity index (χ4v) is 0.233. The molecule has 1 N–H and O–H groups in total. The summed E-state index contributed by atoms with van der Waals surface area (Å²) in [4.78, 5) is 0. The first-order chi connectivity index (χ1) is 3.62. The second kappa shape index (κ2) is 2.41. The van der Waals surface area contributed by atoms with E-state index in [2.05, 4.69) is 5.11 Å². The van der Waals surface area contributed by atoms with Crippen LogP contribution in [0.25, 0.3) is 0 Å². The topological polar surface area (TPSA) is 60.0 Å². The molecule has 0 fully saturated rings. The van der Waals surface area contributed by atoms with Gasteiger partial charge in [-0.2, -0.15) is 10.4 Å². The van der Waals surface area contributed by atoms with Gasteiger partial charge in [-0.05, 0) is 13.8 Å². The molecule has 44 valence electrons. The number of nitrogens with one attached hydrogen (secondary N) is 1. The molecule has 0 aromatic carbocycles. The summed E-state index contributed by atoms with van der Waals surface area (Å²) in [6.45, 7) is 3.51. The lowest BCUT2D eigenvalue weighted by atomic mass is 10.0. The Morgan fingerprint density at radius 1 is 1.75 bits per heavy atom. The molecule has 0 atom stereocenters. The van der Waals surface area contributed by atoms with Gasteiger partial charge in [0.15, 0.2) is 0 Å². The first-order valence-corrected chi connectivity index (χ1v) is 2.38. The van der Waals surface area contributed by atoms with E-state index in [1.165, 1.54) is 0 Å². The molecular formula is C5H9N3. The van der Waals surface area contributed by atoms with Crippen LogP contribution in [0.2, 0.25) is 0 Å². The van der Waals surface area contributed by atoms with Gasteiger partial charge in [-0.25, -0.2) is 5.53 Å². The van der Waals surface area contributed by atoms with Crippen LogP contribution in [0.5, 0.6) is 0 Å². The summed E-state index contributed by atoms with van der Waals surface area (Å²) in [6.07, 6.45) is 0.316. The molecule has 0 rings (SSSR count). The molecule has 0 aromatic rings. The Morgan fingerprint density at radius 3 is 2.38 bits per heavy atom. The summed E-state index contributed by atoms with van der Waals surface area (Å²) in [7, 11) is 0. The number of hydrogen-bond acceptors (Lipinski definition) is 3. The van der Waals surface area contributed by atoms with Crippen LogP contribution in [-0.4, -0.2) is 5.54 Å². The average Bonchev–Trinajstić information content (AvgIpc) is 1.67. The van der Waals surface area contributed by atoms with E-state index in [1.807, 2.05) is 6.07 Å². The Bertz CT molecular complexity index is 120. The molecule has 0 bridgehead atoms. The lowest BCUT2D eigenvalue weighted by Gasteiger charge is -2.09. The quantitative estimate of drug-likeness (QED) is 0.542. The van der Waals surface area contributed by atoms with Crippen molar-refractivity contribution in [1.29, 1.82) is 10.8 Å². The minimum atomic E-state index is -0.477. The van der Waals surface area contributed by atoms with Crippen LogP contribution < -0.4 is 0 Å². The molecule has 0 saturated carbocycles. The predicted octanol–water partition coefficient (Wildman–Crippen LogP) is 1.71. The Kier molecular flexibility index (Phi) is 2.14. The Balaban J connectivity index is 3.76. The minimum Gasteiger partial charge on any atom is -0.209 e. The van der Waals surface area contributed by atoms with Gasteiger partial charge < -0.3 is 0 Å². The highest BCUT2D eigenvalue weighted by Crippen LogP contribution is 2.11. The third kappa shape index (κ3) is 2.30. The summed E-state index contributed by atoms with van der Waals surface area (Å²) < 4.78 is 0. The lowest BCUT2D eigenvalue weighted by molar-refractivity contribution is 0.495. The number of nitriles is 1. The number of hydrogen-bond donors (Lipinski definition) is 1. The molecular weight excluding hydrogens is 102 g/mol. The SMILES string of the molecule is CC(C)(CC#N)N=N. The van der Waals surface area contributed by atoms with E-state index in [1.54, 1.807) is 13.8 Å². The van der Waals surface area contributed by atoms with Crippen LogP contribution in [0.4, 0.5) is 0 Å². The third-order valence-corrected chi connectivity index (χ3v) is 0.814. The third-order valence-electron chi connectivity index (χ3n) is 0.814. The fraction of sp³-hybridized carbons (Fsp3) is 0.800. The van der Waals surface area contributed by atoms with E-state index < -0.39 is 5.54 Å². The highest BCUT2D eigenvalue weighted by Gasteiger charge is 2.13. The maximum absolute atomic E-state index is 8.14. The summed E-state index contributed by atoms with van der Waals surface area (Å²) >= 11 is 0. The van der Waals surface area contributed by atoms with Crippen molar-refractivity contribution in [2.24, 2.45) is 5.11 Å². The van der Waals surface area contributed by atoms with Crippen molar-refractivity contribution in [2.75, 3.05) is 0 Å². The molecule has 0 unspecified atom stereocenters. The normalized spacial score (nSPS) is 10.1. The molecule has 0 spiro atoms. The van der Waals surface area contributed by atoms with E-state index in [0.717, 1.165) is 0 Å². The molecule has 0 aliphatic carbocycles. The van der Waals surface area contributed by atoms with Crippen molar-refractivity contribution < 1.29 is 0 Å². The van der Waals surface area contributed by atoms with E-state index >= 15 is 0 Å². The van der Waals surface area contributed by atoms with Gasteiger partial charge in [-0.3, -0.25) is 0 Å². The van der Waals surface area contributed by atoms with Gasteiger partial charge >= 0.3 is 0 Å². The molecule has 3 heteroatoms. The van der Waals surface area contributed by atoms with Gasteiger partial charge in [0.05, 0.1) is 18.0 Å². The highest BCUT2D eigenvalue weighted by molar-refractivity contribution is 4.86. The first kappa shape index (κ1) is 7.09. The molecule has 0 radical (unpaired) electrons. The van der Waals surface area contributed by atoms with Crippen molar-refractivity contribution in [2.45, 2.75) is 25.8 Å². The molecule has 0 aromatic heterocycles. The lowest BCUT2D eigenvalue weighted by Crippen LogP contribution is -2.13. The van der Waals surface area contributed by atoms with Crippen LogP contribution in [-0.2, 0) is 0 Å². The minimum absolute atomic E-state index is 0.316. The largest absolute Gasteiger partial charge is 0.209 e. The van der Waals surface area contributed by atoms with Gasteiger partial charge in [-0.1, -0.05) is 0 Å². The Labute approximate surface area is 48.8 Å². The van der Waals surface area contributed by atoms with Crippen molar-refractivity contribution in [1.82, 2.24) is 0 Å². The van der Waals surface area contributed by atoms with Gasteiger partial charge in [0.2, 0.25) is 0 Å². The van der Waals surface area contributed by atoms with Gasteiger partial charge in [-0.15, -0.1) is 0 Å². The number of rotatable bonds is 2. The fourth-order valence-electron chi connectivity index (χ4n) is 0.233. The zero-order valence-corrected chi connectivity index (χ0v) is 5.10. The van der Waals surface area contributed by atoms with E-state index in [4.69, 9.17) is 10.8 Å². The van der Waals surface area contributed by atoms with Crippen LogP contribution in [0.1, 0.15) is 20.3 Å². The van der Waals surface area contributed by atoms with E-state index in [0.29, 0.717) is 6.42 Å². The molecule has 0 aliphatic rings. The summed E-state index contributed by atoms with van der Waals surface area (Å²) in [5, 5.41) is 11.4. The van der Waals surface area contributed by atoms with Crippen molar-refractivity contribution >= 4 is 0 Å². The van der Waals surface area contributed by atoms with E-state index in [-0.39, 0.29) is 0 Å². The number of nitrogens with zero attached hydrogens (tertiary/aromatic N) is 2. The molecule has 0 heterocycles. The van der Waals surface area contributed by atoms with Crippen molar-refractivity contribution in [3.05, 3.63) is 0 Å². The maximum atomic E-state index is 8.14. The smallest absolute Gasteiger partial charge is 0.0886 e. The van der Waals surface area contributed by atoms with Crippen LogP contribution in [0.3, 0.4) is 0 Å². The van der Waals surface area contributed by atoms with E-state index in [9.17, 15) is 0 Å². The monoisotopic (exact) mass is 111 g/mol. The van der Waals surface area contributed by atoms with Crippen LogP contribution in [0.15, 0.2) is 5.11 Å². The average molecular weight is 111 g/mol. The zero-order chi connectivity index (χ0) is 6.62. The van der Waals surface area contributed by atoms with Crippen LogP contribution in [0, 0.1) is 16.9 Å². The predicted molar refractivity (Wildman–Crippen MR) is 29.5 cm³/mol. The molecule has 0 saturated heterocycles. The first-order valence-electron chi connectivity index (χ1n) is 2.38. The summed E-state index contributed by atoms with van der Waals surface area (Å²) in [6, 6.07) is 1.95. The van der Waals surface area contributed by atoms with Crippen molar-refractivity contribution in [3.63, 3.8) is 0 Å². The van der Waals surface area contributed by atoms with Gasteiger partial charge in [0, 0.05) is 0 Å². The summed E-state index contributed by atoms with van der Waals surface area (Å²) in [5.74, 6) is 0. The zero-order valence-electron chi connectivity index (χ0n) is 5.10.